The standard InChI is InChI=1S/C25H24F4N4O3/c1-11-4-17(27)15(9-16(11)26)22(14-8-21(34)31-10-14)32-24(35)20-7-13-6-19(13)33(20)25(36)12-2-3-30-18(5-12)23(28)29/h2-5,9,13-14,19-20,22-23H,6-8,10H2,1H3,(H,31,34)(H,32,35)/t13-,14?,19-,20-,22?/m1/s1. The van der Waals surface area contributed by atoms with Crippen LogP contribution >= 0.6 is 0 Å². The van der Waals surface area contributed by atoms with Gasteiger partial charge in [0.1, 0.15) is 23.4 Å². The largest absolute Gasteiger partial charge is 0.356 e. The van der Waals surface area contributed by atoms with Crippen LogP contribution in [0.15, 0.2) is 30.5 Å². The molecule has 1 saturated carbocycles. The third-order valence-corrected chi connectivity index (χ3v) is 7.28. The smallest absolute Gasteiger partial charge is 0.280 e. The monoisotopic (exact) mass is 504 g/mol. The number of alkyl halides is 2. The zero-order valence-electron chi connectivity index (χ0n) is 19.3. The van der Waals surface area contributed by atoms with E-state index in [4.69, 9.17) is 0 Å². The molecule has 11 heteroatoms. The van der Waals surface area contributed by atoms with E-state index in [2.05, 4.69) is 15.6 Å². The maximum atomic E-state index is 14.9. The summed E-state index contributed by atoms with van der Waals surface area (Å²) in [5, 5.41) is 5.42. The summed E-state index contributed by atoms with van der Waals surface area (Å²) in [4.78, 5) is 43.6. The predicted octanol–water partition coefficient (Wildman–Crippen LogP) is 3.20. The van der Waals surface area contributed by atoms with Crippen molar-refractivity contribution in [1.82, 2.24) is 20.5 Å². The van der Waals surface area contributed by atoms with Crippen molar-refractivity contribution in [2.75, 3.05) is 6.54 Å². The van der Waals surface area contributed by atoms with Gasteiger partial charge in [-0.15, -0.1) is 0 Å². The highest BCUT2D eigenvalue weighted by Crippen LogP contribution is 2.48. The van der Waals surface area contributed by atoms with Gasteiger partial charge in [-0.1, -0.05) is 0 Å². The Kier molecular flexibility index (Phi) is 6.17. The molecule has 3 heterocycles. The van der Waals surface area contributed by atoms with Crippen molar-refractivity contribution in [2.45, 2.75) is 50.7 Å². The summed E-state index contributed by atoms with van der Waals surface area (Å²) >= 11 is 0. The Morgan fingerprint density at radius 3 is 2.64 bits per heavy atom. The second-order valence-corrected chi connectivity index (χ2v) is 9.67. The zero-order chi connectivity index (χ0) is 25.7. The van der Waals surface area contributed by atoms with Gasteiger partial charge in [-0.05, 0) is 55.5 Å². The lowest BCUT2D eigenvalue weighted by molar-refractivity contribution is -0.126. The van der Waals surface area contributed by atoms with Crippen molar-refractivity contribution in [3.63, 3.8) is 0 Å². The summed E-state index contributed by atoms with van der Waals surface area (Å²) in [7, 11) is 0. The van der Waals surface area contributed by atoms with E-state index in [1.165, 1.54) is 17.9 Å². The molecular formula is C25H24F4N4O3. The third kappa shape index (κ3) is 4.42. The molecule has 3 aliphatic rings. The molecule has 5 rings (SSSR count). The summed E-state index contributed by atoms with van der Waals surface area (Å²) in [6.45, 7) is 1.59. The number of carbonyl (C=O) groups excluding carboxylic acids is 3. The average molecular weight is 504 g/mol. The van der Waals surface area contributed by atoms with Crippen LogP contribution in [-0.2, 0) is 9.59 Å². The van der Waals surface area contributed by atoms with Crippen LogP contribution < -0.4 is 10.6 Å². The van der Waals surface area contributed by atoms with Gasteiger partial charge in [0.2, 0.25) is 11.8 Å². The van der Waals surface area contributed by atoms with E-state index in [1.807, 2.05) is 0 Å². The highest BCUT2D eigenvalue weighted by molar-refractivity contribution is 5.98. The predicted molar refractivity (Wildman–Crippen MR) is 119 cm³/mol. The number of hydrogen-bond acceptors (Lipinski definition) is 4. The fraction of sp³-hybridized carbons (Fsp3) is 0.440. The van der Waals surface area contributed by atoms with Gasteiger partial charge < -0.3 is 15.5 Å². The molecule has 1 aliphatic carbocycles. The summed E-state index contributed by atoms with van der Waals surface area (Å²) in [5.74, 6) is -3.17. The van der Waals surface area contributed by atoms with Crippen LogP contribution in [0.25, 0.3) is 0 Å². The number of likely N-dealkylation sites (tertiary alicyclic amines) is 1. The van der Waals surface area contributed by atoms with Crippen molar-refractivity contribution >= 4 is 17.7 Å². The Morgan fingerprint density at radius 1 is 1.17 bits per heavy atom. The molecule has 0 spiro atoms. The summed E-state index contributed by atoms with van der Waals surface area (Å²) in [6.07, 6.45) is -0.637. The van der Waals surface area contributed by atoms with Crippen LogP contribution in [-0.4, -0.2) is 46.2 Å². The SMILES string of the molecule is Cc1cc(F)c(C(NC(=O)[C@H]2C[C@H]3C[C@H]3N2C(=O)c2ccnc(C(F)F)c2)C2CNC(=O)C2)cc1F. The molecule has 5 atom stereocenters. The van der Waals surface area contributed by atoms with Gasteiger partial charge in [-0.25, -0.2) is 17.6 Å². The van der Waals surface area contributed by atoms with Gasteiger partial charge in [-0.2, -0.15) is 0 Å². The molecular weight excluding hydrogens is 480 g/mol. The Morgan fingerprint density at radius 2 is 1.94 bits per heavy atom. The first-order valence-corrected chi connectivity index (χ1v) is 11.7. The van der Waals surface area contributed by atoms with Gasteiger partial charge >= 0.3 is 0 Å². The normalized spacial score (nSPS) is 25.5. The number of aromatic nitrogens is 1. The Bertz CT molecular complexity index is 1240. The molecule has 0 radical (unpaired) electrons. The molecule has 0 bridgehead atoms. The van der Waals surface area contributed by atoms with Crippen LogP contribution in [0.1, 0.15) is 58.9 Å². The van der Waals surface area contributed by atoms with E-state index in [0.29, 0.717) is 12.8 Å². The van der Waals surface area contributed by atoms with Crippen molar-refractivity contribution in [1.29, 1.82) is 0 Å². The molecule has 36 heavy (non-hydrogen) atoms. The van der Waals surface area contributed by atoms with E-state index < -0.39 is 53.6 Å². The summed E-state index contributed by atoms with van der Waals surface area (Å²) < 4.78 is 55.5. The number of aryl methyl sites for hydroxylation is 1. The number of halogens is 4. The van der Waals surface area contributed by atoms with E-state index >= 15 is 0 Å². The molecule has 3 fully saturated rings. The van der Waals surface area contributed by atoms with Gasteiger partial charge in [0.15, 0.2) is 0 Å². The van der Waals surface area contributed by atoms with Gasteiger partial charge in [0.25, 0.3) is 12.3 Å². The number of rotatable bonds is 6. The minimum Gasteiger partial charge on any atom is -0.356 e. The van der Waals surface area contributed by atoms with E-state index in [0.717, 1.165) is 24.4 Å². The molecule has 2 aliphatic heterocycles. The maximum absolute atomic E-state index is 14.9. The molecule has 2 aromatic rings. The van der Waals surface area contributed by atoms with Gasteiger partial charge in [-0.3, -0.25) is 19.4 Å². The number of nitrogens with one attached hydrogen (secondary N) is 2. The number of benzene rings is 1. The fourth-order valence-corrected chi connectivity index (χ4v) is 5.29. The minimum absolute atomic E-state index is 0.000519. The number of hydrogen-bond donors (Lipinski definition) is 2. The van der Waals surface area contributed by atoms with E-state index in [-0.39, 0.29) is 47.5 Å². The topological polar surface area (TPSA) is 91.4 Å². The Balaban J connectivity index is 1.42. The first kappa shape index (κ1) is 24.2. The number of fused-ring (bicyclic) bond motifs is 1. The Labute approximate surface area is 204 Å². The second-order valence-electron chi connectivity index (χ2n) is 9.67. The third-order valence-electron chi connectivity index (χ3n) is 7.28. The number of amides is 3. The molecule has 2 saturated heterocycles. The fourth-order valence-electron chi connectivity index (χ4n) is 5.29. The van der Waals surface area contributed by atoms with Crippen LogP contribution in [0.5, 0.6) is 0 Å². The van der Waals surface area contributed by atoms with E-state index in [9.17, 15) is 31.9 Å². The lowest BCUT2D eigenvalue weighted by Crippen LogP contribution is -2.49. The number of carbonyl (C=O) groups is 3. The van der Waals surface area contributed by atoms with Crippen LogP contribution in [0.3, 0.4) is 0 Å². The molecule has 1 aromatic heterocycles. The highest BCUT2D eigenvalue weighted by atomic mass is 19.3. The first-order valence-electron chi connectivity index (χ1n) is 11.7. The summed E-state index contributed by atoms with van der Waals surface area (Å²) in [6, 6.07) is 2.29. The van der Waals surface area contributed by atoms with Crippen molar-refractivity contribution < 1.29 is 31.9 Å². The van der Waals surface area contributed by atoms with Crippen molar-refractivity contribution in [3.8, 4) is 0 Å². The molecule has 2 unspecified atom stereocenters. The van der Waals surface area contributed by atoms with Gasteiger partial charge in [0, 0.05) is 42.2 Å². The Hall–Kier alpha value is -3.50. The highest BCUT2D eigenvalue weighted by Gasteiger charge is 2.56. The van der Waals surface area contributed by atoms with Gasteiger partial charge in [0.05, 0.1) is 6.04 Å². The van der Waals surface area contributed by atoms with Crippen LogP contribution in [0.2, 0.25) is 0 Å². The summed E-state index contributed by atoms with van der Waals surface area (Å²) in [5.41, 5.74) is -0.511. The molecule has 190 valence electrons. The molecule has 7 nitrogen and oxygen atoms in total. The zero-order valence-corrected chi connectivity index (χ0v) is 19.3. The van der Waals surface area contributed by atoms with Crippen LogP contribution in [0.4, 0.5) is 17.6 Å². The number of piperidine rings is 1. The first-order chi connectivity index (χ1) is 17.1. The van der Waals surface area contributed by atoms with Crippen molar-refractivity contribution in [3.05, 3.63) is 64.5 Å². The van der Waals surface area contributed by atoms with E-state index in [1.54, 1.807) is 0 Å². The molecule has 2 N–H and O–H groups in total. The molecule has 1 aromatic carbocycles. The second kappa shape index (κ2) is 9.18. The average Bonchev–Trinajstić information content (AvgIpc) is 3.29. The number of nitrogens with zero attached hydrogens (tertiary/aromatic N) is 2. The maximum Gasteiger partial charge on any atom is 0.280 e. The van der Waals surface area contributed by atoms with Crippen LogP contribution in [0, 0.1) is 30.4 Å². The number of pyridine rings is 1. The lowest BCUT2D eigenvalue weighted by Gasteiger charge is -2.31. The van der Waals surface area contributed by atoms with Crippen molar-refractivity contribution in [2.24, 2.45) is 11.8 Å². The minimum atomic E-state index is -2.85. The molecule has 3 amide bonds. The lowest BCUT2D eigenvalue weighted by atomic mass is 9.90. The quantitative estimate of drug-likeness (QED) is 0.592.